The van der Waals surface area contributed by atoms with Gasteiger partial charge < -0.3 is 10.1 Å². The highest BCUT2D eigenvalue weighted by molar-refractivity contribution is 9.10. The summed E-state index contributed by atoms with van der Waals surface area (Å²) in [6.07, 6.45) is 2.95. The van der Waals surface area contributed by atoms with Crippen molar-refractivity contribution in [2.24, 2.45) is 5.92 Å². The van der Waals surface area contributed by atoms with Crippen molar-refractivity contribution in [3.63, 3.8) is 0 Å². The van der Waals surface area contributed by atoms with Crippen LogP contribution in [0.5, 0.6) is 0 Å². The standard InChI is InChI=1S/C36H31BrCl2FN3O3/c1-19(2)14-31(42-36(45)46-18-28-24-10-6-4-8-22(24)23-9-5-7-11-25(23)28)35(44)43-17-27(26-15-21(37)16-41-34(26)43)20(3)32-29(38)12-13-30(40)33(32)39/h4-13,15-17,19-20,28,31H,14,18H2,1-3H3,(H,42,45)/t20-,31?/m1/s1. The number of halogens is 4. The fourth-order valence-electron chi connectivity index (χ4n) is 6.36. The summed E-state index contributed by atoms with van der Waals surface area (Å²) in [4.78, 5) is 32.0. The molecule has 6 nitrogen and oxygen atoms in total. The monoisotopic (exact) mass is 721 g/mol. The Morgan fingerprint density at radius 3 is 2.33 bits per heavy atom. The number of benzene rings is 3. The molecule has 3 aromatic carbocycles. The molecule has 1 amide bonds. The van der Waals surface area contributed by atoms with Crippen LogP contribution in [0.4, 0.5) is 9.18 Å². The Hall–Kier alpha value is -3.72. The van der Waals surface area contributed by atoms with Crippen molar-refractivity contribution in [3.8, 4) is 11.1 Å². The molecule has 1 unspecified atom stereocenters. The molecule has 0 spiro atoms. The minimum absolute atomic E-state index is 0.0788. The molecule has 0 aliphatic heterocycles. The van der Waals surface area contributed by atoms with Crippen LogP contribution in [-0.4, -0.2) is 34.2 Å². The molecule has 236 valence electrons. The number of pyridine rings is 1. The summed E-state index contributed by atoms with van der Waals surface area (Å²) in [5.74, 6) is -1.48. The number of fused-ring (bicyclic) bond motifs is 4. The van der Waals surface area contributed by atoms with Crippen LogP contribution in [0.2, 0.25) is 10.0 Å². The van der Waals surface area contributed by atoms with Gasteiger partial charge in [-0.1, -0.05) is 92.5 Å². The van der Waals surface area contributed by atoms with Gasteiger partial charge in [0.2, 0.25) is 0 Å². The van der Waals surface area contributed by atoms with Gasteiger partial charge in [0, 0.05) is 39.1 Å². The Balaban J connectivity index is 1.28. The number of hydrogen-bond acceptors (Lipinski definition) is 4. The Kier molecular flexibility index (Phi) is 9.24. The maximum atomic E-state index is 14.5. The minimum atomic E-state index is -0.902. The highest BCUT2D eigenvalue weighted by atomic mass is 79.9. The van der Waals surface area contributed by atoms with Gasteiger partial charge in [0.25, 0.3) is 5.91 Å². The number of nitrogens with zero attached hydrogens (tertiary/aromatic N) is 2. The molecule has 1 aliphatic rings. The first-order chi connectivity index (χ1) is 22.0. The number of aromatic nitrogens is 2. The summed E-state index contributed by atoms with van der Waals surface area (Å²) in [5.41, 5.74) is 5.93. The Bertz CT molecular complexity index is 1930. The molecule has 2 heterocycles. The van der Waals surface area contributed by atoms with E-state index in [0.717, 1.165) is 22.3 Å². The van der Waals surface area contributed by atoms with Crippen LogP contribution >= 0.6 is 39.1 Å². The number of carbonyl (C=O) groups excluding carboxylic acids is 2. The molecule has 5 aromatic rings. The summed E-state index contributed by atoms with van der Waals surface area (Å²) in [7, 11) is 0. The molecular formula is C36H31BrCl2FN3O3. The second-order valence-electron chi connectivity index (χ2n) is 11.9. The lowest BCUT2D eigenvalue weighted by Gasteiger charge is -2.21. The average molecular weight is 723 g/mol. The number of ether oxygens (including phenoxy) is 1. The van der Waals surface area contributed by atoms with Crippen molar-refractivity contribution in [1.82, 2.24) is 14.9 Å². The van der Waals surface area contributed by atoms with E-state index in [1.54, 1.807) is 12.4 Å². The van der Waals surface area contributed by atoms with E-state index in [4.69, 9.17) is 27.9 Å². The number of amides is 1. The molecule has 0 bridgehead atoms. The molecule has 6 rings (SSSR count). The maximum Gasteiger partial charge on any atom is 0.407 e. The third-order valence-corrected chi connectivity index (χ3v) is 9.65. The molecule has 1 aliphatic carbocycles. The lowest BCUT2D eigenvalue weighted by Crippen LogP contribution is -2.44. The zero-order chi connectivity index (χ0) is 32.7. The molecule has 10 heteroatoms. The van der Waals surface area contributed by atoms with E-state index in [2.05, 4.69) is 50.5 Å². The van der Waals surface area contributed by atoms with Crippen molar-refractivity contribution in [2.45, 2.75) is 45.1 Å². The van der Waals surface area contributed by atoms with Crippen molar-refractivity contribution in [3.05, 3.63) is 122 Å². The third-order valence-electron chi connectivity index (χ3n) is 8.50. The van der Waals surface area contributed by atoms with Crippen molar-refractivity contribution in [1.29, 1.82) is 0 Å². The lowest BCUT2D eigenvalue weighted by molar-refractivity contribution is 0.0829. The summed E-state index contributed by atoms with van der Waals surface area (Å²) >= 11 is 16.3. The van der Waals surface area contributed by atoms with Gasteiger partial charge in [-0.05, 0) is 79.8 Å². The minimum Gasteiger partial charge on any atom is -0.449 e. The van der Waals surface area contributed by atoms with E-state index in [9.17, 15) is 14.0 Å². The second kappa shape index (κ2) is 13.2. The molecule has 0 saturated carbocycles. The Morgan fingerprint density at radius 1 is 1.02 bits per heavy atom. The van der Waals surface area contributed by atoms with Crippen LogP contribution in [0.1, 0.15) is 66.1 Å². The molecule has 0 saturated heterocycles. The molecule has 0 radical (unpaired) electrons. The molecule has 0 fully saturated rings. The van der Waals surface area contributed by atoms with Gasteiger partial charge in [-0.15, -0.1) is 0 Å². The number of rotatable bonds is 8. The van der Waals surface area contributed by atoms with Gasteiger partial charge >= 0.3 is 6.09 Å². The van der Waals surface area contributed by atoms with E-state index in [1.807, 2.05) is 51.1 Å². The SMILES string of the molecule is CC(C)CC(NC(=O)OCC1c2ccccc2-c2ccccc21)C(=O)n1cc([C@@H](C)c2c(Cl)ccc(F)c2Cl)c2cc(Br)cnc21. The van der Waals surface area contributed by atoms with Crippen LogP contribution in [0.15, 0.2) is 83.6 Å². The molecule has 2 aromatic heterocycles. The predicted molar refractivity (Wildman–Crippen MR) is 183 cm³/mol. The average Bonchev–Trinajstić information content (AvgIpc) is 3.56. The normalized spacial score (nSPS) is 13.8. The topological polar surface area (TPSA) is 73.2 Å². The largest absolute Gasteiger partial charge is 0.449 e. The summed E-state index contributed by atoms with van der Waals surface area (Å²) < 4.78 is 22.4. The van der Waals surface area contributed by atoms with E-state index >= 15 is 0 Å². The van der Waals surface area contributed by atoms with Gasteiger partial charge in [0.05, 0.1) is 5.02 Å². The number of nitrogens with one attached hydrogen (secondary N) is 1. The maximum absolute atomic E-state index is 14.5. The van der Waals surface area contributed by atoms with Gasteiger partial charge in [-0.3, -0.25) is 9.36 Å². The smallest absolute Gasteiger partial charge is 0.407 e. The third kappa shape index (κ3) is 6.06. The second-order valence-corrected chi connectivity index (χ2v) is 13.6. The van der Waals surface area contributed by atoms with Crippen LogP contribution in [-0.2, 0) is 4.74 Å². The number of hydrogen-bond donors (Lipinski definition) is 1. The molecular weight excluding hydrogens is 692 g/mol. The van der Waals surface area contributed by atoms with Crippen LogP contribution in [0.25, 0.3) is 22.2 Å². The van der Waals surface area contributed by atoms with Crippen molar-refractivity contribution < 1.29 is 18.7 Å². The van der Waals surface area contributed by atoms with E-state index in [1.165, 1.54) is 16.7 Å². The zero-order valence-corrected chi connectivity index (χ0v) is 28.5. The van der Waals surface area contributed by atoms with E-state index < -0.39 is 23.9 Å². The zero-order valence-electron chi connectivity index (χ0n) is 25.4. The first-order valence-corrected chi connectivity index (χ1v) is 16.6. The lowest BCUT2D eigenvalue weighted by atomic mass is 9.93. The number of alkyl carbamates (subject to hydrolysis) is 1. The highest BCUT2D eigenvalue weighted by Crippen LogP contribution is 2.44. The first-order valence-electron chi connectivity index (χ1n) is 15.0. The van der Waals surface area contributed by atoms with Crippen molar-refractivity contribution >= 4 is 62.2 Å². The molecule has 2 atom stereocenters. The summed E-state index contributed by atoms with van der Waals surface area (Å²) in [6.45, 7) is 5.92. The van der Waals surface area contributed by atoms with Gasteiger partial charge in [0.15, 0.2) is 0 Å². The highest BCUT2D eigenvalue weighted by Gasteiger charge is 2.32. The van der Waals surface area contributed by atoms with Crippen LogP contribution in [0.3, 0.4) is 0 Å². The summed E-state index contributed by atoms with van der Waals surface area (Å²) in [5, 5.41) is 3.72. The Labute approximate surface area is 285 Å². The number of carbonyl (C=O) groups is 2. The molecule has 46 heavy (non-hydrogen) atoms. The summed E-state index contributed by atoms with van der Waals surface area (Å²) in [6, 6.07) is 19.8. The van der Waals surface area contributed by atoms with Gasteiger partial charge in [-0.25, -0.2) is 14.2 Å². The van der Waals surface area contributed by atoms with Crippen LogP contribution in [0, 0.1) is 11.7 Å². The van der Waals surface area contributed by atoms with E-state index in [0.29, 0.717) is 38.1 Å². The molecule has 1 N–H and O–H groups in total. The van der Waals surface area contributed by atoms with E-state index in [-0.39, 0.29) is 29.4 Å². The fraction of sp³-hybridized carbons (Fsp3) is 0.250. The fourth-order valence-corrected chi connectivity index (χ4v) is 7.39. The quantitative estimate of drug-likeness (QED) is 0.162. The first kappa shape index (κ1) is 32.2. The van der Waals surface area contributed by atoms with Gasteiger partial charge in [-0.2, -0.15) is 0 Å². The van der Waals surface area contributed by atoms with Crippen molar-refractivity contribution in [2.75, 3.05) is 6.61 Å². The van der Waals surface area contributed by atoms with Crippen LogP contribution < -0.4 is 5.32 Å². The predicted octanol–water partition coefficient (Wildman–Crippen LogP) is 9.99. The Morgan fingerprint density at radius 2 is 1.67 bits per heavy atom. The van der Waals surface area contributed by atoms with Gasteiger partial charge in [0.1, 0.15) is 24.1 Å².